The van der Waals surface area contributed by atoms with Crippen LogP contribution >= 0.6 is 0 Å². The molecule has 2 rings (SSSR count). The first-order chi connectivity index (χ1) is 9.21. The molecule has 0 radical (unpaired) electrons. The van der Waals surface area contributed by atoms with Gasteiger partial charge in [0.15, 0.2) is 5.82 Å². The number of aromatic nitrogens is 2. The fraction of sp³-hybridized carbons (Fsp3) is 0.231. The molecule has 0 spiro atoms. The zero-order valence-electron chi connectivity index (χ0n) is 10.8. The van der Waals surface area contributed by atoms with E-state index in [1.54, 1.807) is 7.05 Å². The number of nitrogens with zero attached hydrogens (tertiary/aromatic N) is 3. The van der Waals surface area contributed by atoms with E-state index in [9.17, 15) is 0 Å². The highest BCUT2D eigenvalue weighted by atomic mass is 16.5. The van der Waals surface area contributed by atoms with Crippen molar-refractivity contribution in [3.8, 4) is 17.5 Å². The lowest BCUT2D eigenvalue weighted by molar-refractivity contribution is 0.340. The van der Waals surface area contributed by atoms with Crippen LogP contribution in [0.15, 0.2) is 24.3 Å². The number of nitrogen functional groups attached to an aromatic ring is 1. The minimum atomic E-state index is 0.316. The lowest BCUT2D eigenvalue weighted by Gasteiger charge is -2.06. The van der Waals surface area contributed by atoms with Crippen molar-refractivity contribution in [3.05, 3.63) is 29.8 Å². The van der Waals surface area contributed by atoms with Crippen LogP contribution in [0.4, 0.5) is 11.6 Å². The third-order valence-corrected chi connectivity index (χ3v) is 2.66. The molecule has 6 nitrogen and oxygen atoms in total. The normalized spacial score (nSPS) is 9.95. The molecule has 0 aliphatic carbocycles. The largest absolute Gasteiger partial charge is 0.494 e. The van der Waals surface area contributed by atoms with Crippen molar-refractivity contribution in [2.24, 2.45) is 0 Å². The molecule has 98 valence electrons. The average Bonchev–Trinajstić information content (AvgIpc) is 2.76. The Labute approximate surface area is 111 Å². The first kappa shape index (κ1) is 12.8. The van der Waals surface area contributed by atoms with Crippen molar-refractivity contribution in [2.45, 2.75) is 6.92 Å². The van der Waals surface area contributed by atoms with Crippen LogP contribution < -0.4 is 15.8 Å². The minimum absolute atomic E-state index is 0.316. The summed E-state index contributed by atoms with van der Waals surface area (Å²) in [5.74, 6) is 1.57. The number of anilines is 2. The molecular weight excluding hydrogens is 242 g/mol. The summed E-state index contributed by atoms with van der Waals surface area (Å²) in [6, 6.07) is 9.40. The highest BCUT2D eigenvalue weighted by Gasteiger charge is 2.15. The molecule has 0 unspecified atom stereocenters. The molecule has 19 heavy (non-hydrogen) atoms. The summed E-state index contributed by atoms with van der Waals surface area (Å²) in [5, 5.41) is 16.2. The van der Waals surface area contributed by atoms with Gasteiger partial charge in [-0.05, 0) is 31.2 Å². The second kappa shape index (κ2) is 5.31. The number of nitrogens with two attached hydrogens (primary N) is 1. The summed E-state index contributed by atoms with van der Waals surface area (Å²) in [5.41, 5.74) is 7.05. The smallest absolute Gasteiger partial charge is 0.168 e. The molecule has 1 aromatic carbocycles. The molecule has 0 saturated carbocycles. The Hall–Kier alpha value is -2.68. The van der Waals surface area contributed by atoms with E-state index in [-0.39, 0.29) is 0 Å². The van der Waals surface area contributed by atoms with Crippen LogP contribution in [0.3, 0.4) is 0 Å². The number of hydrogen-bond acceptors (Lipinski definition) is 5. The summed E-state index contributed by atoms with van der Waals surface area (Å²) in [4.78, 5) is 0. The van der Waals surface area contributed by atoms with Gasteiger partial charge in [-0.15, -0.1) is 5.10 Å². The van der Waals surface area contributed by atoms with Crippen LogP contribution in [0.25, 0.3) is 5.69 Å². The molecule has 0 saturated heterocycles. The third kappa shape index (κ3) is 2.31. The lowest BCUT2D eigenvalue weighted by atomic mass is 10.3. The Morgan fingerprint density at radius 3 is 2.58 bits per heavy atom. The number of nitriles is 1. The molecule has 1 aromatic heterocycles. The van der Waals surface area contributed by atoms with Gasteiger partial charge < -0.3 is 15.8 Å². The molecule has 0 aliphatic rings. The van der Waals surface area contributed by atoms with Crippen LogP contribution in [-0.4, -0.2) is 23.4 Å². The zero-order valence-corrected chi connectivity index (χ0v) is 10.8. The topological polar surface area (TPSA) is 88.9 Å². The number of rotatable bonds is 4. The van der Waals surface area contributed by atoms with E-state index in [1.165, 1.54) is 4.68 Å². The van der Waals surface area contributed by atoms with Crippen molar-refractivity contribution < 1.29 is 4.74 Å². The van der Waals surface area contributed by atoms with Gasteiger partial charge in [-0.3, -0.25) is 0 Å². The van der Waals surface area contributed by atoms with Crippen molar-refractivity contribution in [1.82, 2.24) is 9.78 Å². The van der Waals surface area contributed by atoms with Crippen LogP contribution in [0, 0.1) is 11.3 Å². The lowest BCUT2D eigenvalue weighted by Crippen LogP contribution is -2.02. The number of nitrogens with one attached hydrogen (secondary N) is 1. The maximum absolute atomic E-state index is 9.06. The van der Waals surface area contributed by atoms with E-state index in [0.717, 1.165) is 11.4 Å². The second-order valence-electron chi connectivity index (χ2n) is 3.81. The summed E-state index contributed by atoms with van der Waals surface area (Å²) in [6.07, 6.45) is 0. The van der Waals surface area contributed by atoms with Crippen LogP contribution in [-0.2, 0) is 0 Å². The first-order valence-corrected chi connectivity index (χ1v) is 5.90. The number of benzene rings is 1. The predicted octanol–water partition coefficient (Wildman–Crippen LogP) is 1.77. The highest BCUT2D eigenvalue weighted by molar-refractivity contribution is 5.65. The molecule has 6 heteroatoms. The van der Waals surface area contributed by atoms with Gasteiger partial charge in [0.25, 0.3) is 0 Å². The second-order valence-corrected chi connectivity index (χ2v) is 3.81. The quantitative estimate of drug-likeness (QED) is 0.871. The Kier molecular flexibility index (Phi) is 3.57. The predicted molar refractivity (Wildman–Crippen MR) is 73.4 cm³/mol. The van der Waals surface area contributed by atoms with Gasteiger partial charge in [-0.25, -0.2) is 4.68 Å². The van der Waals surface area contributed by atoms with Gasteiger partial charge in [0.2, 0.25) is 0 Å². The van der Waals surface area contributed by atoms with Crippen molar-refractivity contribution in [3.63, 3.8) is 0 Å². The van der Waals surface area contributed by atoms with Crippen LogP contribution in [0.5, 0.6) is 5.75 Å². The zero-order chi connectivity index (χ0) is 13.8. The highest BCUT2D eigenvalue weighted by Crippen LogP contribution is 2.24. The monoisotopic (exact) mass is 257 g/mol. The minimum Gasteiger partial charge on any atom is -0.494 e. The molecule has 1 heterocycles. The fourth-order valence-electron chi connectivity index (χ4n) is 1.76. The maximum atomic E-state index is 9.06. The Balaban J connectivity index is 2.42. The molecule has 0 bridgehead atoms. The van der Waals surface area contributed by atoms with Gasteiger partial charge >= 0.3 is 0 Å². The molecule has 0 aliphatic heterocycles. The molecule has 0 atom stereocenters. The van der Waals surface area contributed by atoms with Gasteiger partial charge in [-0.2, -0.15) is 5.26 Å². The SMILES string of the molecule is CCOc1ccc(-n2nc(NC)c(C#N)c2N)cc1. The molecule has 2 aromatic rings. The number of ether oxygens (including phenoxy) is 1. The molecule has 0 fully saturated rings. The molecule has 0 amide bonds. The fourth-order valence-corrected chi connectivity index (χ4v) is 1.76. The summed E-state index contributed by atoms with van der Waals surface area (Å²) >= 11 is 0. The van der Waals surface area contributed by atoms with E-state index in [0.29, 0.717) is 23.8 Å². The van der Waals surface area contributed by atoms with Crippen molar-refractivity contribution >= 4 is 11.6 Å². The van der Waals surface area contributed by atoms with Gasteiger partial charge in [0.05, 0.1) is 12.3 Å². The van der Waals surface area contributed by atoms with E-state index in [2.05, 4.69) is 10.4 Å². The maximum Gasteiger partial charge on any atom is 0.168 e. The summed E-state index contributed by atoms with van der Waals surface area (Å²) in [7, 11) is 1.70. The third-order valence-electron chi connectivity index (χ3n) is 2.66. The van der Waals surface area contributed by atoms with E-state index in [4.69, 9.17) is 15.7 Å². The first-order valence-electron chi connectivity index (χ1n) is 5.90. The standard InChI is InChI=1S/C13H15N5O/c1-3-19-10-6-4-9(5-7-10)18-12(15)11(8-14)13(16-2)17-18/h4-7H,3,15H2,1-2H3,(H,16,17). The van der Waals surface area contributed by atoms with E-state index < -0.39 is 0 Å². The van der Waals surface area contributed by atoms with E-state index >= 15 is 0 Å². The van der Waals surface area contributed by atoms with E-state index in [1.807, 2.05) is 37.3 Å². The molecule has 3 N–H and O–H groups in total. The Morgan fingerprint density at radius 1 is 1.42 bits per heavy atom. The molecular formula is C13H15N5O. The van der Waals surface area contributed by atoms with Crippen molar-refractivity contribution in [1.29, 1.82) is 5.26 Å². The Bertz CT molecular complexity index is 609. The van der Waals surface area contributed by atoms with Gasteiger partial charge in [0, 0.05) is 7.05 Å². The van der Waals surface area contributed by atoms with Crippen molar-refractivity contribution in [2.75, 3.05) is 24.7 Å². The number of hydrogen-bond donors (Lipinski definition) is 2. The van der Waals surface area contributed by atoms with Crippen LogP contribution in [0.1, 0.15) is 12.5 Å². The Morgan fingerprint density at radius 2 is 2.11 bits per heavy atom. The van der Waals surface area contributed by atoms with Crippen LogP contribution in [0.2, 0.25) is 0 Å². The van der Waals surface area contributed by atoms with Gasteiger partial charge in [0.1, 0.15) is 23.2 Å². The van der Waals surface area contributed by atoms with Gasteiger partial charge in [-0.1, -0.05) is 0 Å². The summed E-state index contributed by atoms with van der Waals surface area (Å²) in [6.45, 7) is 2.55. The summed E-state index contributed by atoms with van der Waals surface area (Å²) < 4.78 is 6.90. The average molecular weight is 257 g/mol.